The fourth-order valence-electron chi connectivity index (χ4n) is 4.31. The maximum atomic E-state index is 13.1. The molecule has 2 aromatic heterocycles. The highest BCUT2D eigenvalue weighted by Crippen LogP contribution is 2.27. The van der Waals surface area contributed by atoms with Crippen LogP contribution in [0, 0.1) is 5.92 Å². The Kier molecular flexibility index (Phi) is 5.49. The molecule has 0 saturated carbocycles. The van der Waals surface area contributed by atoms with Gasteiger partial charge < -0.3 is 0 Å². The highest BCUT2D eigenvalue weighted by molar-refractivity contribution is 7.98. The van der Waals surface area contributed by atoms with Gasteiger partial charge in [-0.3, -0.25) is 9.89 Å². The summed E-state index contributed by atoms with van der Waals surface area (Å²) in [5, 5.41) is 3.09. The molecular weight excluding hydrogens is 432 g/mol. The van der Waals surface area contributed by atoms with Gasteiger partial charge in [0.15, 0.2) is 5.82 Å². The molecule has 9 heteroatoms. The summed E-state index contributed by atoms with van der Waals surface area (Å²) in [6.07, 6.45) is 4.04. The molecule has 1 fully saturated rings. The summed E-state index contributed by atoms with van der Waals surface area (Å²) < 4.78 is 29.1. The summed E-state index contributed by atoms with van der Waals surface area (Å²) in [5.74, 6) is 2.38. The lowest BCUT2D eigenvalue weighted by molar-refractivity contribution is 0.273. The van der Waals surface area contributed by atoms with Crippen molar-refractivity contribution in [3.8, 4) is 5.82 Å². The van der Waals surface area contributed by atoms with E-state index < -0.39 is 10.0 Å². The molecule has 1 N–H and O–H groups in total. The first-order chi connectivity index (χ1) is 15.0. The van der Waals surface area contributed by atoms with Gasteiger partial charge in [0.25, 0.3) is 5.56 Å². The topological polar surface area (TPSA) is 88.1 Å². The number of H-pyrrole nitrogens is 1. The molecule has 7 nitrogen and oxygen atoms in total. The first kappa shape index (κ1) is 20.5. The number of nitrogens with zero attached hydrogens (tertiary/aromatic N) is 3. The van der Waals surface area contributed by atoms with Crippen molar-refractivity contribution in [3.05, 3.63) is 75.8 Å². The van der Waals surface area contributed by atoms with Gasteiger partial charge in [-0.15, -0.1) is 0 Å². The number of aromatic amines is 1. The lowest BCUT2D eigenvalue weighted by Gasteiger charge is -2.31. The molecule has 1 saturated heterocycles. The van der Waals surface area contributed by atoms with Crippen LogP contribution in [0.15, 0.2) is 58.4 Å². The lowest BCUT2D eigenvalue weighted by Crippen LogP contribution is -2.38. The lowest BCUT2D eigenvalue weighted by atomic mass is 9.91. The van der Waals surface area contributed by atoms with E-state index in [-0.39, 0.29) is 10.5 Å². The van der Waals surface area contributed by atoms with Crippen LogP contribution in [-0.4, -0.2) is 40.6 Å². The van der Waals surface area contributed by atoms with Gasteiger partial charge in [0.05, 0.1) is 11.3 Å². The van der Waals surface area contributed by atoms with Crippen molar-refractivity contribution in [1.82, 2.24) is 19.1 Å². The van der Waals surface area contributed by atoms with E-state index in [2.05, 4.69) is 22.2 Å². The Morgan fingerprint density at radius 2 is 1.84 bits per heavy atom. The van der Waals surface area contributed by atoms with Crippen LogP contribution in [0.25, 0.3) is 5.82 Å². The van der Waals surface area contributed by atoms with Gasteiger partial charge in [0, 0.05) is 30.8 Å². The monoisotopic (exact) mass is 456 g/mol. The summed E-state index contributed by atoms with van der Waals surface area (Å²) in [4.78, 5) is 16.9. The summed E-state index contributed by atoms with van der Waals surface area (Å²) in [7, 11) is -3.59. The molecular formula is C22H24N4O3S2. The van der Waals surface area contributed by atoms with Crippen molar-refractivity contribution in [3.63, 3.8) is 0 Å². The van der Waals surface area contributed by atoms with Gasteiger partial charge in [0.1, 0.15) is 4.90 Å². The van der Waals surface area contributed by atoms with Crippen LogP contribution in [0.5, 0.6) is 0 Å². The van der Waals surface area contributed by atoms with E-state index >= 15 is 0 Å². The standard InChI is InChI=1S/C22H24N4O3S2/c27-22-19-14-30-15-20(19)24-26(22)21-7-6-18(13-23-21)31(28,29)25-10-8-17(9-11-25)12-16-4-2-1-3-5-16/h1-7,13,17,24H,8-12,14-15H2. The van der Waals surface area contributed by atoms with Crippen molar-refractivity contribution >= 4 is 21.8 Å². The molecule has 0 radical (unpaired) electrons. The second-order valence-corrected chi connectivity index (χ2v) is 11.0. The van der Waals surface area contributed by atoms with Crippen LogP contribution in [0.2, 0.25) is 0 Å². The largest absolute Gasteiger partial charge is 0.292 e. The summed E-state index contributed by atoms with van der Waals surface area (Å²) in [6, 6.07) is 13.5. The van der Waals surface area contributed by atoms with E-state index in [9.17, 15) is 13.2 Å². The number of rotatable bonds is 5. The Bertz CT molecular complexity index is 1230. The predicted molar refractivity (Wildman–Crippen MR) is 121 cm³/mol. The third kappa shape index (κ3) is 3.97. The molecule has 0 bridgehead atoms. The summed E-state index contributed by atoms with van der Waals surface area (Å²) in [6.45, 7) is 1.03. The van der Waals surface area contributed by atoms with E-state index in [1.54, 1.807) is 28.2 Å². The van der Waals surface area contributed by atoms with Crippen LogP contribution in [0.1, 0.15) is 29.7 Å². The molecule has 0 spiro atoms. The summed E-state index contributed by atoms with van der Waals surface area (Å²) >= 11 is 1.70. The molecule has 162 valence electrons. The molecule has 31 heavy (non-hydrogen) atoms. The van der Waals surface area contributed by atoms with Crippen molar-refractivity contribution in [2.45, 2.75) is 35.7 Å². The molecule has 2 aliphatic heterocycles. The number of thioether (sulfide) groups is 1. The molecule has 0 aliphatic carbocycles. The molecule has 4 heterocycles. The van der Waals surface area contributed by atoms with Gasteiger partial charge in [0.2, 0.25) is 10.0 Å². The average molecular weight is 457 g/mol. The molecule has 0 amide bonds. The molecule has 0 atom stereocenters. The van der Waals surface area contributed by atoms with Crippen molar-refractivity contribution in [2.24, 2.45) is 5.92 Å². The predicted octanol–water partition coefficient (Wildman–Crippen LogP) is 2.95. The molecule has 1 aromatic carbocycles. The van der Waals surface area contributed by atoms with E-state index in [0.717, 1.165) is 36.3 Å². The number of piperidine rings is 1. The Labute approximate surface area is 185 Å². The van der Waals surface area contributed by atoms with Crippen LogP contribution in [-0.2, 0) is 27.9 Å². The van der Waals surface area contributed by atoms with E-state index in [1.165, 1.54) is 16.4 Å². The number of hydrogen-bond acceptors (Lipinski definition) is 5. The molecule has 5 rings (SSSR count). The maximum absolute atomic E-state index is 13.1. The number of hydrogen-bond donors (Lipinski definition) is 1. The van der Waals surface area contributed by atoms with Gasteiger partial charge in [-0.2, -0.15) is 16.1 Å². The van der Waals surface area contributed by atoms with Crippen LogP contribution < -0.4 is 5.56 Å². The minimum atomic E-state index is -3.59. The van der Waals surface area contributed by atoms with Crippen molar-refractivity contribution in [2.75, 3.05) is 13.1 Å². The Morgan fingerprint density at radius 1 is 1.06 bits per heavy atom. The zero-order chi connectivity index (χ0) is 21.4. The van der Waals surface area contributed by atoms with E-state index in [1.807, 2.05) is 18.2 Å². The SMILES string of the molecule is O=c1c2c([nH]n1-c1ccc(S(=O)(=O)N3CCC(Cc4ccccc4)CC3)cn1)CSC2. The number of nitrogens with one attached hydrogen (secondary N) is 1. The number of sulfonamides is 1. The zero-order valence-electron chi connectivity index (χ0n) is 17.0. The Hall–Kier alpha value is -2.36. The first-order valence-corrected chi connectivity index (χ1v) is 13.0. The smallest absolute Gasteiger partial charge is 0.276 e. The van der Waals surface area contributed by atoms with Crippen molar-refractivity contribution in [1.29, 1.82) is 0 Å². The van der Waals surface area contributed by atoms with Crippen LogP contribution in [0.4, 0.5) is 0 Å². The van der Waals surface area contributed by atoms with E-state index in [4.69, 9.17) is 0 Å². The minimum Gasteiger partial charge on any atom is -0.292 e. The van der Waals surface area contributed by atoms with Crippen LogP contribution in [0.3, 0.4) is 0 Å². The molecule has 3 aromatic rings. The van der Waals surface area contributed by atoms with E-state index in [0.29, 0.717) is 30.6 Å². The number of aromatic nitrogens is 3. The van der Waals surface area contributed by atoms with Crippen molar-refractivity contribution < 1.29 is 8.42 Å². The summed E-state index contributed by atoms with van der Waals surface area (Å²) in [5.41, 5.74) is 2.89. The second-order valence-electron chi connectivity index (χ2n) is 8.09. The third-order valence-corrected chi connectivity index (χ3v) is 8.96. The highest BCUT2D eigenvalue weighted by atomic mass is 32.2. The van der Waals surface area contributed by atoms with Gasteiger partial charge >= 0.3 is 0 Å². The zero-order valence-corrected chi connectivity index (χ0v) is 18.7. The van der Waals surface area contributed by atoms with Crippen LogP contribution >= 0.6 is 11.8 Å². The third-order valence-electron chi connectivity index (χ3n) is 6.09. The second kappa shape index (κ2) is 8.29. The Balaban J connectivity index is 1.27. The maximum Gasteiger partial charge on any atom is 0.276 e. The number of pyridine rings is 1. The fraction of sp³-hybridized carbons (Fsp3) is 0.364. The number of fused-ring (bicyclic) bond motifs is 1. The first-order valence-electron chi connectivity index (χ1n) is 10.4. The average Bonchev–Trinajstić information content (AvgIpc) is 3.38. The normalized spacial score (nSPS) is 17.7. The van der Waals surface area contributed by atoms with Gasteiger partial charge in [-0.05, 0) is 42.9 Å². The molecule has 0 unspecified atom stereocenters. The van der Waals surface area contributed by atoms with Gasteiger partial charge in [-0.1, -0.05) is 30.3 Å². The Morgan fingerprint density at radius 3 is 2.52 bits per heavy atom. The highest BCUT2D eigenvalue weighted by Gasteiger charge is 2.30. The fourth-order valence-corrected chi connectivity index (χ4v) is 6.77. The quantitative estimate of drug-likeness (QED) is 0.638. The minimum absolute atomic E-state index is 0.108. The molecule has 2 aliphatic rings. The van der Waals surface area contributed by atoms with Gasteiger partial charge in [-0.25, -0.2) is 18.1 Å². The number of benzene rings is 1.